The second-order valence-corrected chi connectivity index (χ2v) is 12.2. The van der Waals surface area contributed by atoms with Crippen molar-refractivity contribution in [3.63, 3.8) is 0 Å². The molecule has 212 valence electrons. The molecule has 3 heterocycles. The predicted octanol–water partition coefficient (Wildman–Crippen LogP) is 8.36. The normalized spacial score (nSPS) is 22.5. The monoisotopic (exact) mass is 539 g/mol. The molecule has 0 spiro atoms. The quantitative estimate of drug-likeness (QED) is 0.319. The number of alkyl halides is 3. The van der Waals surface area contributed by atoms with E-state index in [-0.39, 0.29) is 6.54 Å². The van der Waals surface area contributed by atoms with Crippen molar-refractivity contribution in [2.24, 2.45) is 11.3 Å². The zero-order chi connectivity index (χ0) is 27.5. The largest absolute Gasteiger partial charge is 0.395 e. The molecule has 2 aliphatic heterocycles. The molecule has 0 bridgehead atoms. The molecule has 1 saturated carbocycles. The van der Waals surface area contributed by atoms with E-state index in [0.717, 1.165) is 74.3 Å². The van der Waals surface area contributed by atoms with Crippen LogP contribution in [0, 0.1) is 11.3 Å². The maximum Gasteiger partial charge on any atom is 0.395 e. The highest BCUT2D eigenvalue weighted by Gasteiger charge is 2.56. The average molecular weight is 540 g/mol. The van der Waals surface area contributed by atoms with E-state index in [2.05, 4.69) is 59.7 Å². The minimum absolute atomic E-state index is 0.193. The number of aryl methyl sites for hydroxylation is 1. The Morgan fingerprint density at radius 3 is 2.26 bits per heavy atom. The Labute approximate surface area is 232 Å². The molecule has 1 aliphatic carbocycles. The molecular formula is C33H44F3N3. The number of aromatic nitrogens is 1. The third kappa shape index (κ3) is 6.37. The molecule has 3 nitrogen and oxygen atoms in total. The maximum absolute atomic E-state index is 13.8. The molecular weight excluding hydrogens is 495 g/mol. The zero-order valence-electron chi connectivity index (χ0n) is 23.5. The van der Waals surface area contributed by atoms with E-state index in [1.165, 1.54) is 18.4 Å². The Balaban J connectivity index is 1.09. The summed E-state index contributed by atoms with van der Waals surface area (Å²) in [6, 6.07) is 13.6. The number of benzene rings is 1. The highest BCUT2D eigenvalue weighted by molar-refractivity contribution is 5.68. The van der Waals surface area contributed by atoms with E-state index in [1.54, 1.807) is 0 Å². The van der Waals surface area contributed by atoms with Gasteiger partial charge in [0.1, 0.15) is 0 Å². The third-order valence-electron chi connectivity index (χ3n) is 9.78. The van der Waals surface area contributed by atoms with E-state index in [9.17, 15) is 13.2 Å². The number of hydrogen-bond acceptors (Lipinski definition) is 3. The summed E-state index contributed by atoms with van der Waals surface area (Å²) in [6.07, 6.45) is 7.52. The minimum atomic E-state index is -4.08. The second-order valence-electron chi connectivity index (χ2n) is 12.2. The lowest BCUT2D eigenvalue weighted by atomic mass is 9.83. The summed E-state index contributed by atoms with van der Waals surface area (Å²) < 4.78 is 41.4. The number of rotatable bonds is 9. The van der Waals surface area contributed by atoms with Crippen molar-refractivity contribution in [3.05, 3.63) is 60.4 Å². The molecule has 0 N–H and O–H groups in total. The van der Waals surface area contributed by atoms with E-state index >= 15 is 0 Å². The fourth-order valence-electron chi connectivity index (χ4n) is 7.18. The predicted molar refractivity (Wildman–Crippen MR) is 153 cm³/mol. The number of pyridine rings is 1. The SMILES string of the molecule is C=C(c1ccc(-c2ccc(CCC3CCN(CC4(C(F)(F)F)CCCC4)CC3)nc2)cc1)N1CCCC1CC. The Kier molecular flexibility index (Phi) is 8.70. The van der Waals surface area contributed by atoms with E-state index < -0.39 is 11.6 Å². The van der Waals surface area contributed by atoms with Crippen molar-refractivity contribution in [2.75, 3.05) is 26.2 Å². The molecule has 2 saturated heterocycles. The van der Waals surface area contributed by atoms with Gasteiger partial charge in [-0.05, 0) is 94.0 Å². The van der Waals surface area contributed by atoms with Crippen LogP contribution in [-0.4, -0.2) is 53.2 Å². The van der Waals surface area contributed by atoms with Crippen molar-refractivity contribution >= 4 is 5.70 Å². The number of hydrogen-bond donors (Lipinski definition) is 0. The molecule has 1 aromatic carbocycles. The third-order valence-corrected chi connectivity index (χ3v) is 9.78. The molecule has 3 fully saturated rings. The summed E-state index contributed by atoms with van der Waals surface area (Å²) in [7, 11) is 0. The van der Waals surface area contributed by atoms with Gasteiger partial charge in [-0.3, -0.25) is 4.98 Å². The van der Waals surface area contributed by atoms with Crippen LogP contribution >= 0.6 is 0 Å². The van der Waals surface area contributed by atoms with Crippen molar-refractivity contribution in [1.29, 1.82) is 0 Å². The van der Waals surface area contributed by atoms with Gasteiger partial charge in [-0.25, -0.2) is 0 Å². The van der Waals surface area contributed by atoms with Crippen molar-refractivity contribution < 1.29 is 13.2 Å². The number of halogens is 3. The molecule has 5 rings (SSSR count). The van der Waals surface area contributed by atoms with Crippen LogP contribution in [0.1, 0.15) is 82.4 Å². The van der Waals surface area contributed by atoms with Gasteiger partial charge in [0.05, 0.1) is 5.41 Å². The minimum Gasteiger partial charge on any atom is -0.369 e. The lowest BCUT2D eigenvalue weighted by Gasteiger charge is -2.40. The summed E-state index contributed by atoms with van der Waals surface area (Å²) in [5.74, 6) is 0.566. The van der Waals surface area contributed by atoms with Crippen LogP contribution in [0.5, 0.6) is 0 Å². The summed E-state index contributed by atoms with van der Waals surface area (Å²) in [5, 5.41) is 0. The summed E-state index contributed by atoms with van der Waals surface area (Å²) in [6.45, 7) is 9.50. The number of likely N-dealkylation sites (tertiary alicyclic amines) is 2. The Morgan fingerprint density at radius 2 is 1.64 bits per heavy atom. The fraction of sp³-hybridized carbons (Fsp3) is 0.606. The molecule has 0 radical (unpaired) electrons. The molecule has 0 amide bonds. The molecule has 3 aliphatic rings. The first-order valence-corrected chi connectivity index (χ1v) is 15.1. The molecule has 1 aromatic heterocycles. The highest BCUT2D eigenvalue weighted by atomic mass is 19.4. The van der Waals surface area contributed by atoms with Crippen molar-refractivity contribution in [2.45, 2.75) is 89.8 Å². The van der Waals surface area contributed by atoms with Gasteiger partial charge < -0.3 is 9.80 Å². The van der Waals surface area contributed by atoms with Gasteiger partial charge in [0.2, 0.25) is 0 Å². The molecule has 6 heteroatoms. The van der Waals surface area contributed by atoms with Gasteiger partial charge >= 0.3 is 6.18 Å². The Bertz CT molecular complexity index is 1080. The highest BCUT2D eigenvalue weighted by Crippen LogP contribution is 2.51. The fourth-order valence-corrected chi connectivity index (χ4v) is 7.18. The lowest BCUT2D eigenvalue weighted by Crippen LogP contribution is -2.48. The molecule has 1 atom stereocenters. The Morgan fingerprint density at radius 1 is 0.949 bits per heavy atom. The molecule has 1 unspecified atom stereocenters. The number of nitrogens with zero attached hydrogens (tertiary/aromatic N) is 3. The maximum atomic E-state index is 13.8. The second kappa shape index (κ2) is 12.0. The van der Waals surface area contributed by atoms with Crippen LogP contribution in [0.15, 0.2) is 49.2 Å². The van der Waals surface area contributed by atoms with Crippen LogP contribution < -0.4 is 0 Å². The topological polar surface area (TPSA) is 19.4 Å². The average Bonchev–Trinajstić information content (AvgIpc) is 3.63. The van der Waals surface area contributed by atoms with Gasteiger partial charge in [-0.1, -0.05) is 56.7 Å². The van der Waals surface area contributed by atoms with Gasteiger partial charge in [0.25, 0.3) is 0 Å². The van der Waals surface area contributed by atoms with Crippen molar-refractivity contribution in [1.82, 2.24) is 14.8 Å². The van der Waals surface area contributed by atoms with Gasteiger partial charge in [0, 0.05) is 42.3 Å². The van der Waals surface area contributed by atoms with E-state index in [4.69, 9.17) is 4.98 Å². The van der Waals surface area contributed by atoms with Crippen molar-refractivity contribution in [3.8, 4) is 11.1 Å². The summed E-state index contributed by atoms with van der Waals surface area (Å²) >= 11 is 0. The molecule has 2 aromatic rings. The first kappa shape index (κ1) is 28.2. The van der Waals surface area contributed by atoms with Gasteiger partial charge in [-0.15, -0.1) is 0 Å². The zero-order valence-corrected chi connectivity index (χ0v) is 23.5. The van der Waals surface area contributed by atoms with E-state index in [1.807, 2.05) is 6.20 Å². The number of piperidine rings is 1. The standard InChI is InChI=1S/C33H44F3N3/c1-3-31-7-6-20-39(31)25(2)27-9-11-28(12-10-27)29-13-15-30(37-23-29)14-8-26-16-21-38(22-17-26)24-32(33(34,35)36)18-4-5-19-32/h9-13,15,23,26,31H,2-8,14,16-22,24H2,1H3. The first-order valence-electron chi connectivity index (χ1n) is 15.1. The summed E-state index contributed by atoms with van der Waals surface area (Å²) in [5.41, 5.74) is 4.21. The Hall–Kier alpha value is -2.34. The smallest absolute Gasteiger partial charge is 0.369 e. The van der Waals surface area contributed by atoms with E-state index in [0.29, 0.717) is 37.6 Å². The first-order chi connectivity index (χ1) is 18.8. The summed E-state index contributed by atoms with van der Waals surface area (Å²) in [4.78, 5) is 9.28. The van der Waals surface area contributed by atoms with Gasteiger partial charge in [0.15, 0.2) is 0 Å². The van der Waals surface area contributed by atoms with Crippen LogP contribution in [0.3, 0.4) is 0 Å². The lowest BCUT2D eigenvalue weighted by molar-refractivity contribution is -0.228. The van der Waals surface area contributed by atoms with Crippen LogP contribution in [0.4, 0.5) is 13.2 Å². The molecule has 39 heavy (non-hydrogen) atoms. The van der Waals surface area contributed by atoms with Crippen LogP contribution in [0.25, 0.3) is 16.8 Å². The van der Waals surface area contributed by atoms with Crippen LogP contribution in [-0.2, 0) is 6.42 Å². The van der Waals surface area contributed by atoms with Gasteiger partial charge in [-0.2, -0.15) is 13.2 Å². The van der Waals surface area contributed by atoms with Crippen LogP contribution in [0.2, 0.25) is 0 Å².